The summed E-state index contributed by atoms with van der Waals surface area (Å²) in [5.74, 6) is -1.54. The van der Waals surface area contributed by atoms with Gasteiger partial charge in [-0.3, -0.25) is 4.98 Å². The third kappa shape index (κ3) is 2.93. The molecule has 20 heavy (non-hydrogen) atoms. The number of aromatic nitrogens is 1. The number of hydrogen-bond donors (Lipinski definition) is 1. The molecule has 0 radical (unpaired) electrons. The van der Waals surface area contributed by atoms with Gasteiger partial charge in [-0.2, -0.15) is 4.39 Å². The van der Waals surface area contributed by atoms with E-state index in [1.807, 2.05) is 0 Å². The molecule has 1 saturated carbocycles. The minimum absolute atomic E-state index is 0.121. The fourth-order valence-electron chi connectivity index (χ4n) is 1.87. The number of ether oxygens (including phenoxy) is 1. The zero-order valence-corrected chi connectivity index (χ0v) is 10.8. The number of nitrogens with one attached hydrogen (secondary N) is 1. The van der Waals surface area contributed by atoms with Crippen molar-refractivity contribution in [3.05, 3.63) is 53.9 Å². The lowest BCUT2D eigenvalue weighted by molar-refractivity contribution is 0.411. The summed E-state index contributed by atoms with van der Waals surface area (Å²) < 4.78 is 32.3. The highest BCUT2D eigenvalue weighted by Gasteiger charge is 2.21. The van der Waals surface area contributed by atoms with Gasteiger partial charge in [0.2, 0.25) is 5.82 Å². The van der Waals surface area contributed by atoms with Gasteiger partial charge in [-0.05, 0) is 31.0 Å². The predicted molar refractivity (Wildman–Crippen MR) is 70.5 cm³/mol. The van der Waals surface area contributed by atoms with Gasteiger partial charge < -0.3 is 10.1 Å². The Hall–Kier alpha value is -2.01. The van der Waals surface area contributed by atoms with Crippen LogP contribution in [0, 0.1) is 11.6 Å². The molecule has 1 N–H and O–H groups in total. The Balaban J connectivity index is 1.80. The van der Waals surface area contributed by atoms with E-state index in [-0.39, 0.29) is 5.75 Å². The highest BCUT2D eigenvalue weighted by molar-refractivity contribution is 5.36. The summed E-state index contributed by atoms with van der Waals surface area (Å²) in [4.78, 5) is 4.04. The Morgan fingerprint density at radius 3 is 2.85 bits per heavy atom. The van der Waals surface area contributed by atoms with Gasteiger partial charge >= 0.3 is 0 Å². The van der Waals surface area contributed by atoms with E-state index < -0.39 is 11.6 Å². The lowest BCUT2D eigenvalue weighted by atomic mass is 10.2. The molecule has 104 valence electrons. The molecule has 1 aromatic carbocycles. The lowest BCUT2D eigenvalue weighted by Crippen LogP contribution is -2.16. The van der Waals surface area contributed by atoms with Gasteiger partial charge in [-0.15, -0.1) is 0 Å². The Bertz CT molecular complexity index is 615. The monoisotopic (exact) mass is 276 g/mol. The predicted octanol–water partition coefficient (Wildman–Crippen LogP) is 3.40. The van der Waals surface area contributed by atoms with E-state index in [1.54, 1.807) is 18.5 Å². The van der Waals surface area contributed by atoms with Crippen molar-refractivity contribution >= 4 is 0 Å². The molecule has 3 rings (SSSR count). The normalized spacial score (nSPS) is 14.3. The zero-order chi connectivity index (χ0) is 13.9. The van der Waals surface area contributed by atoms with E-state index in [0.29, 0.717) is 18.3 Å². The first-order valence-electron chi connectivity index (χ1n) is 6.52. The summed E-state index contributed by atoms with van der Waals surface area (Å²) in [5, 5.41) is 3.34. The third-order valence-electron chi connectivity index (χ3n) is 3.15. The van der Waals surface area contributed by atoms with Gasteiger partial charge in [-0.25, -0.2) is 4.39 Å². The molecule has 0 spiro atoms. The fraction of sp³-hybridized carbons (Fsp3) is 0.267. The minimum atomic E-state index is -0.981. The average Bonchev–Trinajstić information content (AvgIpc) is 3.27. The van der Waals surface area contributed by atoms with E-state index in [2.05, 4.69) is 10.3 Å². The second-order valence-corrected chi connectivity index (χ2v) is 4.79. The van der Waals surface area contributed by atoms with E-state index in [9.17, 15) is 8.78 Å². The molecular weight excluding hydrogens is 262 g/mol. The minimum Gasteiger partial charge on any atom is -0.454 e. The molecule has 0 atom stereocenters. The smallest absolute Gasteiger partial charge is 0.201 e. The summed E-state index contributed by atoms with van der Waals surface area (Å²) in [6.07, 6.45) is 5.58. The van der Waals surface area contributed by atoms with Crippen LogP contribution in [0.5, 0.6) is 11.5 Å². The van der Waals surface area contributed by atoms with Gasteiger partial charge in [0.1, 0.15) is 5.75 Å². The number of hydrogen-bond acceptors (Lipinski definition) is 3. The molecule has 1 aliphatic rings. The highest BCUT2D eigenvalue weighted by Crippen LogP contribution is 2.28. The largest absolute Gasteiger partial charge is 0.454 e. The maximum absolute atomic E-state index is 13.6. The number of pyridine rings is 1. The van der Waals surface area contributed by atoms with Crippen molar-refractivity contribution in [2.45, 2.75) is 25.4 Å². The topological polar surface area (TPSA) is 34.1 Å². The molecular formula is C15H14F2N2O. The first kappa shape index (κ1) is 13.0. The second-order valence-electron chi connectivity index (χ2n) is 4.79. The lowest BCUT2D eigenvalue weighted by Gasteiger charge is -2.11. The van der Waals surface area contributed by atoms with Crippen LogP contribution in [-0.2, 0) is 6.54 Å². The molecule has 0 amide bonds. The molecule has 1 heterocycles. The Morgan fingerprint density at radius 2 is 2.05 bits per heavy atom. The molecule has 3 nitrogen and oxygen atoms in total. The van der Waals surface area contributed by atoms with Gasteiger partial charge in [0.15, 0.2) is 11.6 Å². The van der Waals surface area contributed by atoms with Gasteiger partial charge in [0, 0.05) is 30.5 Å². The highest BCUT2D eigenvalue weighted by atomic mass is 19.2. The molecule has 1 aromatic heterocycles. The zero-order valence-electron chi connectivity index (χ0n) is 10.8. The van der Waals surface area contributed by atoms with Crippen molar-refractivity contribution in [2.24, 2.45) is 0 Å². The number of nitrogens with zero attached hydrogens (tertiary/aromatic N) is 1. The van der Waals surface area contributed by atoms with Crippen LogP contribution in [0.2, 0.25) is 0 Å². The molecule has 0 bridgehead atoms. The SMILES string of the molecule is Fc1cccc(Oc2ccncc2CNC2CC2)c1F. The molecule has 2 aromatic rings. The van der Waals surface area contributed by atoms with Crippen molar-refractivity contribution in [1.82, 2.24) is 10.3 Å². The number of rotatable bonds is 5. The van der Waals surface area contributed by atoms with Crippen LogP contribution in [0.1, 0.15) is 18.4 Å². The Kier molecular flexibility index (Phi) is 3.60. The van der Waals surface area contributed by atoms with E-state index in [1.165, 1.54) is 25.0 Å². The van der Waals surface area contributed by atoms with Crippen molar-refractivity contribution < 1.29 is 13.5 Å². The van der Waals surface area contributed by atoms with E-state index >= 15 is 0 Å². The van der Waals surface area contributed by atoms with Crippen LogP contribution in [0.3, 0.4) is 0 Å². The Morgan fingerprint density at radius 1 is 1.20 bits per heavy atom. The fourth-order valence-corrected chi connectivity index (χ4v) is 1.87. The molecule has 1 fully saturated rings. The standard InChI is InChI=1S/C15H14F2N2O/c16-12-2-1-3-14(15(12)17)20-13-6-7-18-8-10(13)9-19-11-4-5-11/h1-3,6-8,11,19H,4-5,9H2. The van der Waals surface area contributed by atoms with Crippen LogP contribution >= 0.6 is 0 Å². The molecule has 1 aliphatic carbocycles. The van der Waals surface area contributed by atoms with Gasteiger partial charge in [0.05, 0.1) is 0 Å². The van der Waals surface area contributed by atoms with Crippen LogP contribution in [0.15, 0.2) is 36.7 Å². The summed E-state index contributed by atoms with van der Waals surface area (Å²) in [7, 11) is 0. The molecule has 0 unspecified atom stereocenters. The summed E-state index contributed by atoms with van der Waals surface area (Å²) in [6, 6.07) is 6.07. The van der Waals surface area contributed by atoms with Crippen molar-refractivity contribution in [3.8, 4) is 11.5 Å². The van der Waals surface area contributed by atoms with Gasteiger partial charge in [-0.1, -0.05) is 6.07 Å². The average molecular weight is 276 g/mol. The first-order valence-corrected chi connectivity index (χ1v) is 6.52. The summed E-state index contributed by atoms with van der Waals surface area (Å²) in [5.41, 5.74) is 0.822. The van der Waals surface area contributed by atoms with E-state index in [4.69, 9.17) is 4.74 Å². The van der Waals surface area contributed by atoms with Crippen molar-refractivity contribution in [3.63, 3.8) is 0 Å². The van der Waals surface area contributed by atoms with E-state index in [0.717, 1.165) is 11.6 Å². The van der Waals surface area contributed by atoms with Crippen LogP contribution in [-0.4, -0.2) is 11.0 Å². The molecule has 5 heteroatoms. The maximum atomic E-state index is 13.6. The van der Waals surface area contributed by atoms with Crippen molar-refractivity contribution in [2.75, 3.05) is 0 Å². The Labute approximate surface area is 115 Å². The number of halogens is 2. The van der Waals surface area contributed by atoms with Crippen molar-refractivity contribution in [1.29, 1.82) is 0 Å². The van der Waals surface area contributed by atoms with Crippen LogP contribution in [0.4, 0.5) is 8.78 Å². The third-order valence-corrected chi connectivity index (χ3v) is 3.15. The maximum Gasteiger partial charge on any atom is 0.201 e. The number of benzene rings is 1. The van der Waals surface area contributed by atoms with Gasteiger partial charge in [0.25, 0.3) is 0 Å². The molecule has 0 saturated heterocycles. The first-order chi connectivity index (χ1) is 9.74. The summed E-state index contributed by atoms with van der Waals surface area (Å²) >= 11 is 0. The second kappa shape index (κ2) is 5.54. The molecule has 0 aliphatic heterocycles. The quantitative estimate of drug-likeness (QED) is 0.908. The van der Waals surface area contributed by atoms with Crippen LogP contribution < -0.4 is 10.1 Å². The summed E-state index contributed by atoms with van der Waals surface area (Å²) in [6.45, 7) is 0.602. The van der Waals surface area contributed by atoms with Crippen LogP contribution in [0.25, 0.3) is 0 Å².